The van der Waals surface area contributed by atoms with E-state index in [9.17, 15) is 0 Å². The topological polar surface area (TPSA) is 12.0 Å². The second-order valence-corrected chi connectivity index (χ2v) is 4.82. The van der Waals surface area contributed by atoms with Gasteiger partial charge in [0.25, 0.3) is 0 Å². The summed E-state index contributed by atoms with van der Waals surface area (Å²) in [5.74, 6) is 0. The third-order valence-electron chi connectivity index (χ3n) is 3.34. The highest BCUT2D eigenvalue weighted by Crippen LogP contribution is 2.24. The molecule has 1 N–H and O–H groups in total. The summed E-state index contributed by atoms with van der Waals surface area (Å²) in [6.45, 7) is 4.37. The molecule has 0 radical (unpaired) electrons. The second-order valence-electron chi connectivity index (χ2n) is 4.82. The summed E-state index contributed by atoms with van der Waals surface area (Å²) in [6.07, 6.45) is 0. The molecule has 0 bridgehead atoms. The molecule has 1 nitrogen and oxygen atoms in total. The third-order valence-corrected chi connectivity index (χ3v) is 3.34. The average molecular weight is 225 g/mol. The monoisotopic (exact) mass is 225 g/mol. The molecule has 0 saturated carbocycles. The minimum Gasteiger partial charge on any atom is -0.311 e. The summed E-state index contributed by atoms with van der Waals surface area (Å²) in [6, 6.07) is 19.2. The lowest BCUT2D eigenvalue weighted by molar-refractivity contribution is 0.445. The normalized spacial score (nSPS) is 11.5. The molecule has 0 aromatic heterocycles. The van der Waals surface area contributed by atoms with E-state index in [0.29, 0.717) is 0 Å². The first-order chi connectivity index (χ1) is 8.13. The smallest absolute Gasteiger partial charge is 0.0374 e. The van der Waals surface area contributed by atoms with Gasteiger partial charge in [-0.1, -0.05) is 54.6 Å². The molecule has 0 aliphatic heterocycles. The number of hydrogen-bond acceptors (Lipinski definition) is 1. The van der Waals surface area contributed by atoms with Crippen LogP contribution in [0, 0.1) is 0 Å². The van der Waals surface area contributed by atoms with E-state index < -0.39 is 0 Å². The largest absolute Gasteiger partial charge is 0.311 e. The van der Waals surface area contributed by atoms with Gasteiger partial charge >= 0.3 is 0 Å². The number of nitrogens with one attached hydrogen (secondary N) is 1. The zero-order valence-corrected chi connectivity index (χ0v) is 10.7. The van der Waals surface area contributed by atoms with Crippen molar-refractivity contribution in [3.05, 3.63) is 60.2 Å². The fourth-order valence-corrected chi connectivity index (χ4v) is 1.85. The van der Waals surface area contributed by atoms with Gasteiger partial charge in [0.15, 0.2) is 0 Å². The molecule has 0 atom stereocenters. The van der Waals surface area contributed by atoms with E-state index >= 15 is 0 Å². The van der Waals surface area contributed by atoms with Crippen LogP contribution in [0.4, 0.5) is 0 Å². The van der Waals surface area contributed by atoms with Crippen molar-refractivity contribution in [2.24, 2.45) is 0 Å². The standard InChI is InChI=1S/C16H19N/c1-16(2,17-3)15-11-9-14(10-12-15)13-7-5-4-6-8-13/h4-12,17H,1-3H3. The molecule has 0 saturated heterocycles. The first-order valence-electron chi connectivity index (χ1n) is 5.98. The average Bonchev–Trinajstić information content (AvgIpc) is 2.40. The van der Waals surface area contributed by atoms with Crippen molar-refractivity contribution in [2.75, 3.05) is 7.05 Å². The van der Waals surface area contributed by atoms with E-state index in [4.69, 9.17) is 0 Å². The van der Waals surface area contributed by atoms with E-state index in [2.05, 4.69) is 67.7 Å². The van der Waals surface area contributed by atoms with Crippen LogP contribution in [0.3, 0.4) is 0 Å². The van der Waals surface area contributed by atoms with Gasteiger partial charge in [-0.05, 0) is 37.6 Å². The van der Waals surface area contributed by atoms with Crippen LogP contribution in [-0.2, 0) is 5.54 Å². The maximum atomic E-state index is 3.32. The second kappa shape index (κ2) is 4.72. The molecule has 0 aliphatic rings. The zero-order chi connectivity index (χ0) is 12.3. The molecule has 2 rings (SSSR count). The Kier molecular flexibility index (Phi) is 3.30. The van der Waals surface area contributed by atoms with Gasteiger partial charge in [-0.3, -0.25) is 0 Å². The van der Waals surface area contributed by atoms with Crippen LogP contribution in [0.2, 0.25) is 0 Å². The maximum Gasteiger partial charge on any atom is 0.0374 e. The van der Waals surface area contributed by atoms with E-state index in [0.717, 1.165) is 0 Å². The van der Waals surface area contributed by atoms with Crippen molar-refractivity contribution in [1.29, 1.82) is 0 Å². The summed E-state index contributed by atoms with van der Waals surface area (Å²) in [4.78, 5) is 0. The summed E-state index contributed by atoms with van der Waals surface area (Å²) in [5.41, 5.74) is 3.86. The molecule has 0 amide bonds. The lowest BCUT2D eigenvalue weighted by Gasteiger charge is -2.24. The van der Waals surface area contributed by atoms with Crippen molar-refractivity contribution in [3.63, 3.8) is 0 Å². The quantitative estimate of drug-likeness (QED) is 0.837. The highest BCUT2D eigenvalue weighted by Gasteiger charge is 2.16. The van der Waals surface area contributed by atoms with Gasteiger partial charge in [0, 0.05) is 5.54 Å². The third kappa shape index (κ3) is 2.56. The molecule has 17 heavy (non-hydrogen) atoms. The highest BCUT2D eigenvalue weighted by atomic mass is 14.9. The first-order valence-corrected chi connectivity index (χ1v) is 5.98. The Bertz CT molecular complexity index is 469. The zero-order valence-electron chi connectivity index (χ0n) is 10.7. The van der Waals surface area contributed by atoms with Gasteiger partial charge in [0.1, 0.15) is 0 Å². The van der Waals surface area contributed by atoms with Gasteiger partial charge in [-0.15, -0.1) is 0 Å². The summed E-state index contributed by atoms with van der Waals surface area (Å²) >= 11 is 0. The Morgan fingerprint density at radius 2 is 1.29 bits per heavy atom. The molecular formula is C16H19N. The predicted octanol–water partition coefficient (Wildman–Crippen LogP) is 3.81. The van der Waals surface area contributed by atoms with Gasteiger partial charge < -0.3 is 5.32 Å². The van der Waals surface area contributed by atoms with Crippen LogP contribution in [-0.4, -0.2) is 7.05 Å². The Balaban J connectivity index is 2.31. The Labute approximate surface area is 103 Å². The van der Waals surface area contributed by atoms with Gasteiger partial charge in [0.05, 0.1) is 0 Å². The van der Waals surface area contributed by atoms with Crippen LogP contribution < -0.4 is 5.32 Å². The number of benzene rings is 2. The first kappa shape index (κ1) is 11.9. The maximum absolute atomic E-state index is 3.32. The fourth-order valence-electron chi connectivity index (χ4n) is 1.85. The molecule has 2 aromatic rings. The number of hydrogen-bond donors (Lipinski definition) is 1. The number of rotatable bonds is 3. The highest BCUT2D eigenvalue weighted by molar-refractivity contribution is 5.63. The van der Waals surface area contributed by atoms with Crippen LogP contribution in [0.1, 0.15) is 19.4 Å². The van der Waals surface area contributed by atoms with Gasteiger partial charge in [-0.25, -0.2) is 0 Å². The molecule has 2 aromatic carbocycles. The minimum absolute atomic E-state index is 0.0230. The fraction of sp³-hybridized carbons (Fsp3) is 0.250. The molecule has 0 spiro atoms. The van der Waals surface area contributed by atoms with Gasteiger partial charge in [-0.2, -0.15) is 0 Å². The van der Waals surface area contributed by atoms with E-state index in [1.807, 2.05) is 13.1 Å². The van der Waals surface area contributed by atoms with E-state index in [-0.39, 0.29) is 5.54 Å². The van der Waals surface area contributed by atoms with Crippen LogP contribution in [0.5, 0.6) is 0 Å². The molecule has 0 heterocycles. The summed E-state index contributed by atoms with van der Waals surface area (Å²) in [7, 11) is 1.99. The van der Waals surface area contributed by atoms with Crippen molar-refractivity contribution in [2.45, 2.75) is 19.4 Å². The molecule has 1 heteroatoms. The molecule has 0 fully saturated rings. The van der Waals surface area contributed by atoms with Crippen molar-refractivity contribution >= 4 is 0 Å². The summed E-state index contributed by atoms with van der Waals surface area (Å²) < 4.78 is 0. The lowest BCUT2D eigenvalue weighted by Crippen LogP contribution is -2.32. The van der Waals surface area contributed by atoms with Crippen LogP contribution in [0.15, 0.2) is 54.6 Å². The van der Waals surface area contributed by atoms with Gasteiger partial charge in [0.2, 0.25) is 0 Å². The summed E-state index contributed by atoms with van der Waals surface area (Å²) in [5, 5.41) is 3.32. The molecular weight excluding hydrogens is 206 g/mol. The van der Waals surface area contributed by atoms with Crippen molar-refractivity contribution in [3.8, 4) is 11.1 Å². The van der Waals surface area contributed by atoms with Crippen molar-refractivity contribution in [1.82, 2.24) is 5.32 Å². The molecule has 0 aliphatic carbocycles. The minimum atomic E-state index is 0.0230. The SMILES string of the molecule is CNC(C)(C)c1ccc(-c2ccccc2)cc1. The van der Waals surface area contributed by atoms with Crippen LogP contribution in [0.25, 0.3) is 11.1 Å². The Morgan fingerprint density at radius 1 is 0.765 bits per heavy atom. The van der Waals surface area contributed by atoms with E-state index in [1.165, 1.54) is 16.7 Å². The predicted molar refractivity (Wildman–Crippen MR) is 74.0 cm³/mol. The molecule has 0 unspecified atom stereocenters. The lowest BCUT2D eigenvalue weighted by atomic mass is 9.92. The molecule has 88 valence electrons. The van der Waals surface area contributed by atoms with Crippen LogP contribution >= 0.6 is 0 Å². The van der Waals surface area contributed by atoms with Crippen molar-refractivity contribution < 1.29 is 0 Å². The Morgan fingerprint density at radius 3 is 1.82 bits per heavy atom. The van der Waals surface area contributed by atoms with E-state index in [1.54, 1.807) is 0 Å². The Hall–Kier alpha value is -1.60.